The molecule has 0 spiro atoms. The van der Waals surface area contributed by atoms with Gasteiger partial charge in [0.05, 0.1) is 16.6 Å². The van der Waals surface area contributed by atoms with Gasteiger partial charge in [0, 0.05) is 25.6 Å². The summed E-state index contributed by atoms with van der Waals surface area (Å²) in [7, 11) is 0. The van der Waals surface area contributed by atoms with Crippen molar-refractivity contribution < 1.29 is 14.7 Å². The van der Waals surface area contributed by atoms with Gasteiger partial charge in [-0.25, -0.2) is 14.6 Å². The van der Waals surface area contributed by atoms with Crippen LogP contribution in [0.4, 0.5) is 4.79 Å². The number of aromatic carboxylic acids is 1. The standard InChI is InChI=1S/C18H26N4O3/c1-11(2)10-22-15-6-5-13(17(23)24)9-14(15)21-16(22)7-8-19-18(25)20-12(3)4/h5-6,9,11-12H,7-8,10H2,1-4H3,(H,23,24)(H2,19,20,25). The minimum atomic E-state index is -0.964. The largest absolute Gasteiger partial charge is 0.478 e. The van der Waals surface area contributed by atoms with Crippen molar-refractivity contribution in [1.29, 1.82) is 0 Å². The molecule has 1 heterocycles. The molecule has 0 aliphatic rings. The summed E-state index contributed by atoms with van der Waals surface area (Å²) in [5.41, 5.74) is 1.81. The SMILES string of the molecule is CC(C)Cn1c(CCNC(=O)NC(C)C)nc2cc(C(=O)O)ccc21. The minimum Gasteiger partial charge on any atom is -0.478 e. The Bertz CT molecular complexity index is 765. The highest BCUT2D eigenvalue weighted by Crippen LogP contribution is 2.20. The number of amides is 2. The fourth-order valence-corrected chi connectivity index (χ4v) is 2.67. The highest BCUT2D eigenvalue weighted by atomic mass is 16.4. The average Bonchev–Trinajstić information content (AvgIpc) is 2.83. The van der Waals surface area contributed by atoms with Crippen molar-refractivity contribution in [2.45, 2.75) is 46.7 Å². The van der Waals surface area contributed by atoms with Gasteiger partial charge in [-0.15, -0.1) is 0 Å². The third kappa shape index (κ3) is 4.95. The van der Waals surface area contributed by atoms with Gasteiger partial charge in [0.1, 0.15) is 5.82 Å². The Hall–Kier alpha value is -2.57. The molecule has 3 N–H and O–H groups in total. The molecule has 0 saturated carbocycles. The number of imidazole rings is 1. The molecule has 0 unspecified atom stereocenters. The molecule has 0 atom stereocenters. The molecule has 2 aromatic rings. The van der Waals surface area contributed by atoms with Gasteiger partial charge in [-0.2, -0.15) is 0 Å². The van der Waals surface area contributed by atoms with E-state index in [0.29, 0.717) is 24.4 Å². The molecular weight excluding hydrogens is 320 g/mol. The molecule has 0 saturated heterocycles. The topological polar surface area (TPSA) is 96.3 Å². The van der Waals surface area contributed by atoms with Crippen molar-refractivity contribution in [3.63, 3.8) is 0 Å². The van der Waals surface area contributed by atoms with E-state index in [1.165, 1.54) is 0 Å². The van der Waals surface area contributed by atoms with Crippen molar-refractivity contribution in [2.75, 3.05) is 6.54 Å². The number of urea groups is 1. The second-order valence-electron chi connectivity index (χ2n) is 6.85. The molecule has 2 amide bonds. The van der Waals surface area contributed by atoms with Gasteiger partial charge in [0.2, 0.25) is 0 Å². The lowest BCUT2D eigenvalue weighted by Gasteiger charge is -2.13. The molecule has 0 aliphatic heterocycles. The molecule has 0 bridgehead atoms. The number of hydrogen-bond acceptors (Lipinski definition) is 3. The van der Waals surface area contributed by atoms with E-state index in [2.05, 4.69) is 34.0 Å². The first-order chi connectivity index (χ1) is 11.8. The smallest absolute Gasteiger partial charge is 0.335 e. The van der Waals surface area contributed by atoms with E-state index in [0.717, 1.165) is 17.9 Å². The minimum absolute atomic E-state index is 0.0833. The summed E-state index contributed by atoms with van der Waals surface area (Å²) in [5.74, 6) is 0.303. The van der Waals surface area contributed by atoms with E-state index >= 15 is 0 Å². The summed E-state index contributed by atoms with van der Waals surface area (Å²) in [6, 6.07) is 4.88. The molecule has 0 aliphatic carbocycles. The number of fused-ring (bicyclic) bond motifs is 1. The van der Waals surface area contributed by atoms with Crippen LogP contribution in [0.3, 0.4) is 0 Å². The summed E-state index contributed by atoms with van der Waals surface area (Å²) < 4.78 is 2.10. The van der Waals surface area contributed by atoms with Crippen LogP contribution in [0.25, 0.3) is 11.0 Å². The molecule has 0 radical (unpaired) electrons. The molecule has 2 rings (SSSR count). The van der Waals surface area contributed by atoms with Gasteiger partial charge in [0.15, 0.2) is 0 Å². The Morgan fingerprint density at radius 1 is 1.24 bits per heavy atom. The van der Waals surface area contributed by atoms with Crippen molar-refractivity contribution >= 4 is 23.0 Å². The van der Waals surface area contributed by atoms with Crippen LogP contribution in [0.15, 0.2) is 18.2 Å². The van der Waals surface area contributed by atoms with E-state index < -0.39 is 5.97 Å². The number of benzene rings is 1. The monoisotopic (exact) mass is 346 g/mol. The van der Waals surface area contributed by atoms with Crippen molar-refractivity contribution in [3.8, 4) is 0 Å². The van der Waals surface area contributed by atoms with Crippen LogP contribution < -0.4 is 10.6 Å². The van der Waals surface area contributed by atoms with Crippen molar-refractivity contribution in [1.82, 2.24) is 20.2 Å². The Morgan fingerprint density at radius 3 is 2.56 bits per heavy atom. The molecule has 7 nitrogen and oxygen atoms in total. The van der Waals surface area contributed by atoms with Crippen LogP contribution in [0.5, 0.6) is 0 Å². The predicted molar refractivity (Wildman–Crippen MR) is 96.9 cm³/mol. The van der Waals surface area contributed by atoms with E-state index in [9.17, 15) is 9.59 Å². The number of carboxylic acids is 1. The number of nitrogens with zero attached hydrogens (tertiary/aromatic N) is 2. The number of aromatic nitrogens is 2. The molecule has 1 aromatic heterocycles. The van der Waals surface area contributed by atoms with Gasteiger partial charge in [-0.05, 0) is 38.0 Å². The number of carbonyl (C=O) groups is 2. The third-order valence-corrected chi connectivity index (χ3v) is 3.68. The molecule has 7 heteroatoms. The number of hydrogen-bond donors (Lipinski definition) is 3. The van der Waals surface area contributed by atoms with Crippen LogP contribution in [0, 0.1) is 5.92 Å². The fraction of sp³-hybridized carbons (Fsp3) is 0.500. The lowest BCUT2D eigenvalue weighted by Crippen LogP contribution is -2.40. The summed E-state index contributed by atoms with van der Waals surface area (Å²) >= 11 is 0. The second kappa shape index (κ2) is 8.00. The maximum absolute atomic E-state index is 11.7. The van der Waals surface area contributed by atoms with Crippen LogP contribution in [0.1, 0.15) is 43.9 Å². The van der Waals surface area contributed by atoms with Crippen LogP contribution in [0.2, 0.25) is 0 Å². The van der Waals surface area contributed by atoms with E-state index in [1.54, 1.807) is 18.2 Å². The highest BCUT2D eigenvalue weighted by molar-refractivity contribution is 5.92. The van der Waals surface area contributed by atoms with Crippen LogP contribution in [-0.4, -0.2) is 39.2 Å². The Labute approximate surface area is 147 Å². The fourth-order valence-electron chi connectivity index (χ4n) is 2.67. The third-order valence-electron chi connectivity index (χ3n) is 3.68. The van der Waals surface area contributed by atoms with Gasteiger partial charge in [-0.1, -0.05) is 13.8 Å². The Morgan fingerprint density at radius 2 is 1.96 bits per heavy atom. The first-order valence-electron chi connectivity index (χ1n) is 8.54. The zero-order chi connectivity index (χ0) is 18.6. The normalized spacial score (nSPS) is 11.3. The number of nitrogens with one attached hydrogen (secondary N) is 2. The first kappa shape index (κ1) is 18.8. The summed E-state index contributed by atoms with van der Waals surface area (Å²) in [4.78, 5) is 27.4. The van der Waals surface area contributed by atoms with Gasteiger partial charge < -0.3 is 20.3 Å². The van der Waals surface area contributed by atoms with Crippen molar-refractivity contribution in [3.05, 3.63) is 29.6 Å². The number of carbonyl (C=O) groups excluding carboxylic acids is 1. The van der Waals surface area contributed by atoms with Crippen LogP contribution >= 0.6 is 0 Å². The van der Waals surface area contributed by atoms with Gasteiger partial charge >= 0.3 is 12.0 Å². The van der Waals surface area contributed by atoms with Crippen molar-refractivity contribution in [2.24, 2.45) is 5.92 Å². The molecule has 0 fully saturated rings. The Kier molecular flexibility index (Phi) is 6.01. The number of carboxylic acid groups (broad SMARTS) is 1. The lowest BCUT2D eigenvalue weighted by atomic mass is 10.2. The summed E-state index contributed by atoms with van der Waals surface area (Å²) in [6.45, 7) is 9.30. The van der Waals surface area contributed by atoms with Gasteiger partial charge in [0.25, 0.3) is 0 Å². The summed E-state index contributed by atoms with van der Waals surface area (Å²) in [6.07, 6.45) is 0.579. The van der Waals surface area contributed by atoms with E-state index in [1.807, 2.05) is 13.8 Å². The van der Waals surface area contributed by atoms with Gasteiger partial charge in [-0.3, -0.25) is 0 Å². The summed E-state index contributed by atoms with van der Waals surface area (Å²) in [5, 5.41) is 14.8. The first-order valence-corrected chi connectivity index (χ1v) is 8.54. The molecule has 136 valence electrons. The highest BCUT2D eigenvalue weighted by Gasteiger charge is 2.14. The quantitative estimate of drug-likeness (QED) is 0.718. The maximum Gasteiger partial charge on any atom is 0.335 e. The zero-order valence-electron chi connectivity index (χ0n) is 15.2. The maximum atomic E-state index is 11.7. The number of rotatable bonds is 7. The van der Waals surface area contributed by atoms with E-state index in [-0.39, 0.29) is 17.6 Å². The molecule has 25 heavy (non-hydrogen) atoms. The lowest BCUT2D eigenvalue weighted by molar-refractivity contribution is 0.0697. The molecule has 1 aromatic carbocycles. The Balaban J connectivity index is 2.21. The average molecular weight is 346 g/mol. The van der Waals surface area contributed by atoms with E-state index in [4.69, 9.17) is 5.11 Å². The zero-order valence-corrected chi connectivity index (χ0v) is 15.2. The predicted octanol–water partition coefficient (Wildman–Crippen LogP) is 2.64. The second-order valence-corrected chi connectivity index (χ2v) is 6.85. The van der Waals surface area contributed by atoms with Crippen LogP contribution in [-0.2, 0) is 13.0 Å². The molecular formula is C18H26N4O3.